The van der Waals surface area contributed by atoms with E-state index in [4.69, 9.17) is 9.26 Å². The normalized spacial score (nSPS) is 14.9. The van der Waals surface area contributed by atoms with Crippen molar-refractivity contribution in [2.24, 2.45) is 0 Å². The summed E-state index contributed by atoms with van der Waals surface area (Å²) in [5.41, 5.74) is 0.801. The van der Waals surface area contributed by atoms with E-state index in [1.807, 2.05) is 6.07 Å². The van der Waals surface area contributed by atoms with E-state index in [1.165, 1.54) is 16.4 Å². The molecule has 1 saturated heterocycles. The van der Waals surface area contributed by atoms with Crippen molar-refractivity contribution in [3.8, 4) is 11.4 Å². The van der Waals surface area contributed by atoms with Crippen LogP contribution in [0.3, 0.4) is 0 Å². The van der Waals surface area contributed by atoms with Crippen LogP contribution in [0.25, 0.3) is 11.4 Å². The number of benzene rings is 1. The number of aromatic nitrogens is 3. The van der Waals surface area contributed by atoms with E-state index in [2.05, 4.69) is 15.1 Å². The molecule has 0 unspecified atom stereocenters. The Morgan fingerprint density at radius 2 is 1.91 bits per heavy atom. The van der Waals surface area contributed by atoms with Gasteiger partial charge in [-0.3, -0.25) is 4.98 Å². The smallest absolute Gasteiger partial charge is 0.339 e. The van der Waals surface area contributed by atoms with Crippen LogP contribution in [0, 0.1) is 0 Å². The minimum absolute atomic E-state index is 0.00934. The summed E-state index contributed by atoms with van der Waals surface area (Å²) in [5.74, 6) is 0.206. The first kappa shape index (κ1) is 22.1. The Morgan fingerprint density at radius 1 is 1.09 bits per heavy atom. The molecule has 0 bridgehead atoms. The van der Waals surface area contributed by atoms with Crippen LogP contribution in [0.4, 0.5) is 0 Å². The van der Waals surface area contributed by atoms with Gasteiger partial charge >= 0.3 is 5.97 Å². The van der Waals surface area contributed by atoms with Gasteiger partial charge in [0.05, 0.1) is 17.1 Å². The standard InChI is InChI=1S/C22H24N4O5S/c27-22(18-9-2-3-10-19(18)32(28,29)26-13-4-1-5-14-26)30-15-7-11-20-24-21(25-31-20)17-8-6-12-23-16-17/h2-3,6,8-10,12,16H,1,4-5,7,11,13-15H2. The lowest BCUT2D eigenvalue weighted by atomic mass is 10.2. The average molecular weight is 457 g/mol. The van der Waals surface area contributed by atoms with Crippen LogP contribution in [-0.2, 0) is 21.2 Å². The maximum atomic E-state index is 13.0. The fraction of sp³-hybridized carbons (Fsp3) is 0.364. The lowest BCUT2D eigenvalue weighted by Crippen LogP contribution is -2.36. The first-order valence-corrected chi connectivity index (χ1v) is 12.0. The molecule has 32 heavy (non-hydrogen) atoms. The average Bonchev–Trinajstić information content (AvgIpc) is 3.32. The number of piperidine rings is 1. The number of hydrogen-bond acceptors (Lipinski definition) is 8. The van der Waals surface area contributed by atoms with Crippen molar-refractivity contribution >= 4 is 16.0 Å². The zero-order chi connectivity index (χ0) is 22.4. The Bertz CT molecular complexity index is 1160. The van der Waals surface area contributed by atoms with E-state index in [9.17, 15) is 13.2 Å². The van der Waals surface area contributed by atoms with E-state index in [1.54, 1.807) is 30.6 Å². The Morgan fingerprint density at radius 3 is 2.69 bits per heavy atom. The van der Waals surface area contributed by atoms with E-state index < -0.39 is 16.0 Å². The summed E-state index contributed by atoms with van der Waals surface area (Å²) in [6.07, 6.45) is 6.85. The minimum atomic E-state index is -3.74. The first-order valence-electron chi connectivity index (χ1n) is 10.5. The summed E-state index contributed by atoms with van der Waals surface area (Å²) in [7, 11) is -3.74. The van der Waals surface area contributed by atoms with Crippen LogP contribution < -0.4 is 0 Å². The number of pyridine rings is 1. The van der Waals surface area contributed by atoms with Gasteiger partial charge in [0.1, 0.15) is 0 Å². The third kappa shape index (κ3) is 5.03. The minimum Gasteiger partial charge on any atom is -0.462 e. The number of ether oxygens (including phenoxy) is 1. The molecule has 0 amide bonds. The van der Waals surface area contributed by atoms with Gasteiger partial charge in [0.15, 0.2) is 0 Å². The molecule has 3 heterocycles. The summed E-state index contributed by atoms with van der Waals surface area (Å²) in [6, 6.07) is 9.80. The highest BCUT2D eigenvalue weighted by molar-refractivity contribution is 7.89. The van der Waals surface area contributed by atoms with E-state index in [0.717, 1.165) is 24.8 Å². The van der Waals surface area contributed by atoms with Gasteiger partial charge in [0.25, 0.3) is 0 Å². The highest BCUT2D eigenvalue weighted by Crippen LogP contribution is 2.24. The maximum Gasteiger partial charge on any atom is 0.339 e. The van der Waals surface area contributed by atoms with Gasteiger partial charge in [-0.25, -0.2) is 13.2 Å². The van der Waals surface area contributed by atoms with Gasteiger partial charge in [0.2, 0.25) is 21.7 Å². The van der Waals surface area contributed by atoms with Crippen molar-refractivity contribution in [3.05, 3.63) is 60.2 Å². The van der Waals surface area contributed by atoms with Crippen LogP contribution >= 0.6 is 0 Å². The molecule has 1 fully saturated rings. The Balaban J connectivity index is 1.35. The molecule has 0 aliphatic carbocycles. The molecular weight excluding hydrogens is 432 g/mol. The van der Waals surface area contributed by atoms with Gasteiger partial charge in [-0.2, -0.15) is 9.29 Å². The molecule has 0 atom stereocenters. The van der Waals surface area contributed by atoms with Crippen LogP contribution in [0.1, 0.15) is 41.9 Å². The van der Waals surface area contributed by atoms with Crippen molar-refractivity contribution in [3.63, 3.8) is 0 Å². The molecule has 0 radical (unpaired) electrons. The number of rotatable bonds is 8. The molecule has 0 saturated carbocycles. The zero-order valence-electron chi connectivity index (χ0n) is 17.5. The maximum absolute atomic E-state index is 13.0. The molecule has 3 aromatic rings. The predicted octanol–water partition coefficient (Wildman–Crippen LogP) is 3.10. The summed E-state index contributed by atoms with van der Waals surface area (Å²) in [5, 5.41) is 3.93. The van der Waals surface area contributed by atoms with Gasteiger partial charge in [-0.05, 0) is 43.5 Å². The highest BCUT2D eigenvalue weighted by Gasteiger charge is 2.30. The zero-order valence-corrected chi connectivity index (χ0v) is 18.3. The number of hydrogen-bond donors (Lipinski definition) is 0. The number of esters is 1. The quantitative estimate of drug-likeness (QED) is 0.375. The van der Waals surface area contributed by atoms with Gasteiger partial charge < -0.3 is 9.26 Å². The summed E-state index contributed by atoms with van der Waals surface area (Å²) < 4.78 is 38.1. The molecule has 1 aliphatic heterocycles. The summed E-state index contributed by atoms with van der Waals surface area (Å²) in [4.78, 5) is 21.0. The van der Waals surface area contributed by atoms with E-state index in [0.29, 0.717) is 37.6 Å². The predicted molar refractivity (Wildman–Crippen MR) is 115 cm³/mol. The van der Waals surface area contributed by atoms with Crippen LogP contribution in [0.2, 0.25) is 0 Å². The molecule has 168 valence electrons. The molecule has 9 nitrogen and oxygen atoms in total. The van der Waals surface area contributed by atoms with Gasteiger partial charge in [-0.1, -0.05) is 23.7 Å². The summed E-state index contributed by atoms with van der Waals surface area (Å²) in [6.45, 7) is 1.04. The Hall–Kier alpha value is -3.11. The first-order chi connectivity index (χ1) is 15.6. The highest BCUT2D eigenvalue weighted by atomic mass is 32.2. The second kappa shape index (κ2) is 10.0. The number of nitrogens with zero attached hydrogens (tertiary/aromatic N) is 4. The SMILES string of the molecule is O=C(OCCCc1nc(-c2cccnc2)no1)c1ccccc1S(=O)(=O)N1CCCCC1. The number of aryl methyl sites for hydroxylation is 1. The number of sulfonamides is 1. The second-order valence-corrected chi connectivity index (χ2v) is 9.36. The fourth-order valence-electron chi connectivity index (χ4n) is 3.54. The van der Waals surface area contributed by atoms with Crippen molar-refractivity contribution in [2.45, 2.75) is 37.0 Å². The molecule has 10 heteroatoms. The van der Waals surface area contributed by atoms with Crippen molar-refractivity contribution in [2.75, 3.05) is 19.7 Å². The van der Waals surface area contributed by atoms with E-state index >= 15 is 0 Å². The van der Waals surface area contributed by atoms with Gasteiger partial charge in [0, 0.05) is 37.5 Å². The van der Waals surface area contributed by atoms with Crippen molar-refractivity contribution in [1.29, 1.82) is 0 Å². The van der Waals surface area contributed by atoms with Gasteiger partial charge in [-0.15, -0.1) is 0 Å². The summed E-state index contributed by atoms with van der Waals surface area (Å²) >= 11 is 0. The number of carbonyl (C=O) groups excluding carboxylic acids is 1. The third-order valence-electron chi connectivity index (χ3n) is 5.20. The van der Waals surface area contributed by atoms with Crippen LogP contribution in [0.5, 0.6) is 0 Å². The van der Waals surface area contributed by atoms with Crippen molar-refractivity contribution in [1.82, 2.24) is 19.4 Å². The Labute approximate surface area is 186 Å². The largest absolute Gasteiger partial charge is 0.462 e. The lowest BCUT2D eigenvalue weighted by molar-refractivity contribution is 0.0493. The molecule has 0 N–H and O–H groups in total. The topological polar surface area (TPSA) is 115 Å². The van der Waals surface area contributed by atoms with Crippen LogP contribution in [0.15, 0.2) is 58.2 Å². The molecule has 4 rings (SSSR count). The Kier molecular flexibility index (Phi) is 6.91. The molecular formula is C22H24N4O5S. The van der Waals surface area contributed by atoms with Crippen molar-refractivity contribution < 1.29 is 22.5 Å². The van der Waals surface area contributed by atoms with E-state index in [-0.39, 0.29) is 17.1 Å². The molecule has 1 aliphatic rings. The number of carbonyl (C=O) groups is 1. The monoisotopic (exact) mass is 456 g/mol. The molecule has 0 spiro atoms. The fourth-order valence-corrected chi connectivity index (χ4v) is 5.24. The lowest BCUT2D eigenvalue weighted by Gasteiger charge is -2.26. The molecule has 1 aromatic carbocycles. The third-order valence-corrected chi connectivity index (χ3v) is 7.15. The second-order valence-electron chi connectivity index (χ2n) is 7.45. The van der Waals surface area contributed by atoms with Crippen LogP contribution in [-0.4, -0.2) is 53.5 Å². The molecule has 2 aromatic heterocycles.